The highest BCUT2D eigenvalue weighted by molar-refractivity contribution is 5.50. The van der Waals surface area contributed by atoms with E-state index in [0.717, 1.165) is 4.57 Å². The Morgan fingerprint density at radius 2 is 1.80 bits per heavy atom. The number of H-pyrrole nitrogens is 1. The summed E-state index contributed by atoms with van der Waals surface area (Å²) in [6.45, 7) is 1.42. The molecule has 1 aromatic carbocycles. The lowest BCUT2D eigenvalue weighted by Crippen LogP contribution is -2.30. The van der Waals surface area contributed by atoms with Crippen LogP contribution in [0.5, 0.6) is 17.4 Å². The van der Waals surface area contributed by atoms with Crippen LogP contribution in [0.4, 0.5) is 0 Å². The van der Waals surface area contributed by atoms with Gasteiger partial charge in [-0.25, -0.2) is 9.36 Å². The van der Waals surface area contributed by atoms with Gasteiger partial charge in [-0.1, -0.05) is 0 Å². The molecule has 0 bridgehead atoms. The van der Waals surface area contributed by atoms with Gasteiger partial charge in [0.1, 0.15) is 0 Å². The molecule has 2 N–H and O–H groups in total. The molecule has 7 nitrogen and oxygen atoms in total. The van der Waals surface area contributed by atoms with Crippen molar-refractivity contribution in [2.24, 2.45) is 0 Å². The maximum atomic E-state index is 11.8. The lowest BCUT2D eigenvalue weighted by molar-refractivity contribution is 0.354. The van der Waals surface area contributed by atoms with E-state index in [4.69, 9.17) is 9.47 Å². The zero-order chi connectivity index (χ0) is 14.9. The van der Waals surface area contributed by atoms with Crippen LogP contribution in [0, 0.1) is 6.92 Å². The minimum Gasteiger partial charge on any atom is -0.494 e. The molecule has 0 unspecified atom stereocenters. The first-order chi connectivity index (χ1) is 9.49. The SMILES string of the molecule is COc1ccc(-n2c(O)c(C)c(=O)[nH]c2=O)cc1OC. The zero-order valence-electron chi connectivity index (χ0n) is 11.3. The molecule has 7 heteroatoms. The summed E-state index contributed by atoms with van der Waals surface area (Å²) in [5.41, 5.74) is -0.946. The van der Waals surface area contributed by atoms with Crippen LogP contribution in [0.3, 0.4) is 0 Å². The summed E-state index contributed by atoms with van der Waals surface area (Å²) in [5, 5.41) is 9.97. The number of rotatable bonds is 3. The van der Waals surface area contributed by atoms with E-state index in [-0.39, 0.29) is 5.56 Å². The number of nitrogens with one attached hydrogen (secondary N) is 1. The average Bonchev–Trinajstić information content (AvgIpc) is 2.44. The largest absolute Gasteiger partial charge is 0.494 e. The summed E-state index contributed by atoms with van der Waals surface area (Å²) in [5.74, 6) is 0.482. The van der Waals surface area contributed by atoms with Crippen LogP contribution in [0.15, 0.2) is 27.8 Å². The van der Waals surface area contributed by atoms with Crippen LogP contribution in [-0.4, -0.2) is 28.9 Å². The summed E-state index contributed by atoms with van der Waals surface area (Å²) in [4.78, 5) is 25.4. The van der Waals surface area contributed by atoms with E-state index in [9.17, 15) is 14.7 Å². The molecule has 1 heterocycles. The zero-order valence-corrected chi connectivity index (χ0v) is 11.3. The molecule has 0 radical (unpaired) electrons. The lowest BCUT2D eigenvalue weighted by Gasteiger charge is -2.12. The second-order valence-corrected chi connectivity index (χ2v) is 4.08. The van der Waals surface area contributed by atoms with Crippen molar-refractivity contribution in [2.75, 3.05) is 14.2 Å². The lowest BCUT2D eigenvalue weighted by atomic mass is 10.2. The van der Waals surface area contributed by atoms with Crippen LogP contribution in [0.1, 0.15) is 5.56 Å². The predicted octanol–water partition coefficient (Wildman–Crippen LogP) is 0.557. The van der Waals surface area contributed by atoms with Crippen molar-refractivity contribution in [3.63, 3.8) is 0 Å². The van der Waals surface area contributed by atoms with Crippen molar-refractivity contribution in [3.05, 3.63) is 44.6 Å². The Bertz CT molecular complexity index is 760. The molecule has 0 aliphatic heterocycles. The summed E-state index contributed by atoms with van der Waals surface area (Å²) >= 11 is 0. The summed E-state index contributed by atoms with van der Waals surface area (Å²) in [6.07, 6.45) is 0. The molecule has 0 saturated carbocycles. The number of methoxy groups -OCH3 is 2. The third kappa shape index (κ3) is 2.13. The number of aromatic amines is 1. The Hall–Kier alpha value is -2.70. The molecule has 0 fully saturated rings. The Morgan fingerprint density at radius 3 is 2.40 bits per heavy atom. The fourth-order valence-corrected chi connectivity index (χ4v) is 1.82. The predicted molar refractivity (Wildman–Crippen MR) is 72.2 cm³/mol. The third-order valence-electron chi connectivity index (χ3n) is 2.94. The van der Waals surface area contributed by atoms with Gasteiger partial charge in [0.15, 0.2) is 11.5 Å². The molecule has 20 heavy (non-hydrogen) atoms. The number of nitrogens with zero attached hydrogens (tertiary/aromatic N) is 1. The van der Waals surface area contributed by atoms with Gasteiger partial charge in [0.05, 0.1) is 25.5 Å². The van der Waals surface area contributed by atoms with E-state index >= 15 is 0 Å². The van der Waals surface area contributed by atoms with Crippen molar-refractivity contribution < 1.29 is 14.6 Å². The van der Waals surface area contributed by atoms with Gasteiger partial charge in [0.25, 0.3) is 5.56 Å². The highest BCUT2D eigenvalue weighted by Crippen LogP contribution is 2.29. The first-order valence-electron chi connectivity index (χ1n) is 5.77. The van der Waals surface area contributed by atoms with Crippen LogP contribution in [0.2, 0.25) is 0 Å². The Morgan fingerprint density at radius 1 is 1.15 bits per heavy atom. The molecule has 0 spiro atoms. The van der Waals surface area contributed by atoms with Crippen LogP contribution in [-0.2, 0) is 0 Å². The molecule has 0 atom stereocenters. The minimum absolute atomic E-state index is 0.0550. The molecule has 0 saturated heterocycles. The number of benzene rings is 1. The van der Waals surface area contributed by atoms with E-state index in [0.29, 0.717) is 17.2 Å². The van der Waals surface area contributed by atoms with Gasteiger partial charge in [-0.2, -0.15) is 0 Å². The smallest absolute Gasteiger partial charge is 0.335 e. The first kappa shape index (κ1) is 13.7. The highest BCUT2D eigenvalue weighted by Gasteiger charge is 2.14. The number of aromatic hydroxyl groups is 1. The molecule has 1 aromatic heterocycles. The second kappa shape index (κ2) is 5.12. The number of ether oxygens (including phenoxy) is 2. The van der Waals surface area contributed by atoms with Crippen LogP contribution >= 0.6 is 0 Å². The molecule has 0 amide bonds. The van der Waals surface area contributed by atoms with Crippen molar-refractivity contribution in [2.45, 2.75) is 6.92 Å². The molecule has 0 aliphatic carbocycles. The quantitative estimate of drug-likeness (QED) is 0.855. The molecule has 2 aromatic rings. The van der Waals surface area contributed by atoms with Gasteiger partial charge in [0, 0.05) is 6.07 Å². The highest BCUT2D eigenvalue weighted by atomic mass is 16.5. The normalized spacial score (nSPS) is 10.3. The first-order valence-corrected chi connectivity index (χ1v) is 5.77. The van der Waals surface area contributed by atoms with Crippen molar-refractivity contribution in [1.29, 1.82) is 0 Å². The average molecular weight is 278 g/mol. The van der Waals surface area contributed by atoms with Crippen molar-refractivity contribution in [3.8, 4) is 23.1 Å². The molecular formula is C13H14N2O5. The van der Waals surface area contributed by atoms with Crippen molar-refractivity contribution in [1.82, 2.24) is 9.55 Å². The summed E-state index contributed by atoms with van der Waals surface area (Å²) in [6, 6.07) is 4.69. The van der Waals surface area contributed by atoms with Gasteiger partial charge in [-0.3, -0.25) is 9.78 Å². The number of aromatic nitrogens is 2. The number of hydrogen-bond donors (Lipinski definition) is 2. The molecular weight excluding hydrogens is 264 g/mol. The second-order valence-electron chi connectivity index (χ2n) is 4.08. The minimum atomic E-state index is -0.731. The molecule has 2 rings (SSSR count). The van der Waals surface area contributed by atoms with E-state index in [1.807, 2.05) is 0 Å². The standard InChI is InChI=1S/C13H14N2O5/c1-7-11(16)14-13(18)15(12(7)17)8-4-5-9(19-2)10(6-8)20-3/h4-6,17H,1-3H3,(H,14,16,18). The summed E-state index contributed by atoms with van der Waals surface area (Å²) < 4.78 is 11.2. The monoisotopic (exact) mass is 278 g/mol. The van der Waals surface area contributed by atoms with Gasteiger partial charge in [-0.05, 0) is 19.1 Å². The van der Waals surface area contributed by atoms with Gasteiger partial charge in [0.2, 0.25) is 5.88 Å². The topological polar surface area (TPSA) is 93.5 Å². The Labute approximate surface area is 114 Å². The van der Waals surface area contributed by atoms with E-state index in [1.165, 1.54) is 27.2 Å². The molecule has 0 aliphatic rings. The van der Waals surface area contributed by atoms with E-state index < -0.39 is 17.1 Å². The fourth-order valence-electron chi connectivity index (χ4n) is 1.82. The Balaban J connectivity index is 2.72. The number of hydrogen-bond acceptors (Lipinski definition) is 5. The van der Waals surface area contributed by atoms with E-state index in [2.05, 4.69) is 4.98 Å². The van der Waals surface area contributed by atoms with Crippen LogP contribution in [0.25, 0.3) is 5.69 Å². The summed E-state index contributed by atoms with van der Waals surface area (Å²) in [7, 11) is 2.95. The fraction of sp³-hybridized carbons (Fsp3) is 0.231. The van der Waals surface area contributed by atoms with Crippen molar-refractivity contribution >= 4 is 0 Å². The van der Waals surface area contributed by atoms with Gasteiger partial charge >= 0.3 is 5.69 Å². The maximum absolute atomic E-state index is 11.8. The Kier molecular flexibility index (Phi) is 3.51. The molecule has 106 valence electrons. The third-order valence-corrected chi connectivity index (χ3v) is 2.94. The van der Waals surface area contributed by atoms with E-state index in [1.54, 1.807) is 12.1 Å². The van der Waals surface area contributed by atoms with Gasteiger partial charge in [-0.15, -0.1) is 0 Å². The maximum Gasteiger partial charge on any atom is 0.335 e. The van der Waals surface area contributed by atoms with Crippen LogP contribution < -0.4 is 20.7 Å². The van der Waals surface area contributed by atoms with Gasteiger partial charge < -0.3 is 14.6 Å².